The lowest BCUT2D eigenvalue weighted by Crippen LogP contribution is -2.12. The zero-order valence-electron chi connectivity index (χ0n) is 15.7. The van der Waals surface area contributed by atoms with Gasteiger partial charge in [0.05, 0.1) is 19.5 Å². The number of oxime groups is 1. The Morgan fingerprint density at radius 2 is 2.15 bits per heavy atom. The molecule has 0 radical (unpaired) electrons. The molecule has 0 aliphatic carbocycles. The molecular formula is C20H27N3O4. The third-order valence-electron chi connectivity index (χ3n) is 3.88. The summed E-state index contributed by atoms with van der Waals surface area (Å²) < 4.78 is 7.70. The summed E-state index contributed by atoms with van der Waals surface area (Å²) >= 11 is 0. The SMILES string of the molecule is CCCCOc1cccc(/C(Cn2ccnc2)=N\OCCCCC(=O)O)c1. The Morgan fingerprint density at radius 1 is 1.26 bits per heavy atom. The van der Waals surface area contributed by atoms with Crippen molar-refractivity contribution in [3.8, 4) is 5.75 Å². The van der Waals surface area contributed by atoms with Crippen LogP contribution in [0.1, 0.15) is 44.6 Å². The third-order valence-corrected chi connectivity index (χ3v) is 3.88. The van der Waals surface area contributed by atoms with Crippen LogP contribution in [0.3, 0.4) is 0 Å². The van der Waals surface area contributed by atoms with E-state index in [0.29, 0.717) is 32.6 Å². The van der Waals surface area contributed by atoms with Crippen molar-refractivity contribution in [2.45, 2.75) is 45.6 Å². The highest BCUT2D eigenvalue weighted by Gasteiger charge is 2.08. The van der Waals surface area contributed by atoms with E-state index in [1.54, 1.807) is 12.5 Å². The average molecular weight is 373 g/mol. The number of benzene rings is 1. The van der Waals surface area contributed by atoms with Crippen LogP contribution in [0.4, 0.5) is 0 Å². The summed E-state index contributed by atoms with van der Waals surface area (Å²) in [4.78, 5) is 20.0. The number of carboxylic acids is 1. The normalized spacial score (nSPS) is 11.4. The molecule has 1 aromatic heterocycles. The lowest BCUT2D eigenvalue weighted by atomic mass is 10.1. The Hall–Kier alpha value is -2.83. The molecule has 2 rings (SSSR count). The maximum absolute atomic E-state index is 10.5. The number of ether oxygens (including phenoxy) is 1. The molecule has 1 N–H and O–H groups in total. The van der Waals surface area contributed by atoms with Crippen LogP contribution in [0.2, 0.25) is 0 Å². The quantitative estimate of drug-likeness (QED) is 0.328. The molecule has 1 heterocycles. The first kappa shape index (κ1) is 20.5. The van der Waals surface area contributed by atoms with Gasteiger partial charge in [-0.05, 0) is 31.4 Å². The number of imidazole rings is 1. The van der Waals surface area contributed by atoms with Crippen molar-refractivity contribution < 1.29 is 19.5 Å². The Bertz CT molecular complexity index is 714. The van der Waals surface area contributed by atoms with Crippen molar-refractivity contribution in [3.63, 3.8) is 0 Å². The highest BCUT2D eigenvalue weighted by Crippen LogP contribution is 2.16. The van der Waals surface area contributed by atoms with Crippen LogP contribution in [0, 0.1) is 0 Å². The molecule has 0 saturated heterocycles. The smallest absolute Gasteiger partial charge is 0.303 e. The largest absolute Gasteiger partial charge is 0.494 e. The van der Waals surface area contributed by atoms with E-state index in [1.807, 2.05) is 35.0 Å². The first-order chi connectivity index (χ1) is 13.2. The predicted molar refractivity (Wildman–Crippen MR) is 103 cm³/mol. The summed E-state index contributed by atoms with van der Waals surface area (Å²) in [6, 6.07) is 7.79. The fourth-order valence-electron chi connectivity index (χ4n) is 2.39. The minimum atomic E-state index is -0.792. The zero-order valence-corrected chi connectivity index (χ0v) is 15.7. The Kier molecular flexibility index (Phi) is 8.89. The Morgan fingerprint density at radius 3 is 2.89 bits per heavy atom. The predicted octanol–water partition coefficient (Wildman–Crippen LogP) is 3.74. The lowest BCUT2D eigenvalue weighted by molar-refractivity contribution is -0.137. The number of carboxylic acid groups (broad SMARTS) is 1. The van der Waals surface area contributed by atoms with Gasteiger partial charge in [-0.15, -0.1) is 0 Å². The van der Waals surface area contributed by atoms with Crippen molar-refractivity contribution >= 4 is 11.7 Å². The summed E-state index contributed by atoms with van der Waals surface area (Å²) in [6.45, 7) is 3.72. The summed E-state index contributed by atoms with van der Waals surface area (Å²) in [5.74, 6) is 0.0138. The van der Waals surface area contributed by atoms with Crippen molar-refractivity contribution in [2.75, 3.05) is 13.2 Å². The average Bonchev–Trinajstić information content (AvgIpc) is 3.17. The van der Waals surface area contributed by atoms with E-state index < -0.39 is 5.97 Å². The molecule has 0 saturated carbocycles. The Labute approximate surface area is 159 Å². The van der Waals surface area contributed by atoms with E-state index in [0.717, 1.165) is 29.9 Å². The van der Waals surface area contributed by atoms with Gasteiger partial charge in [0.15, 0.2) is 0 Å². The maximum atomic E-state index is 10.5. The molecule has 7 nitrogen and oxygen atoms in total. The number of hydrogen-bond donors (Lipinski definition) is 1. The van der Waals surface area contributed by atoms with Crippen LogP contribution >= 0.6 is 0 Å². The van der Waals surface area contributed by atoms with Gasteiger partial charge in [-0.1, -0.05) is 30.6 Å². The molecule has 0 amide bonds. The van der Waals surface area contributed by atoms with Gasteiger partial charge in [-0.25, -0.2) is 4.98 Å². The molecule has 1 aromatic carbocycles. The summed E-state index contributed by atoms with van der Waals surface area (Å²) in [5, 5.41) is 13.0. The zero-order chi connectivity index (χ0) is 19.3. The van der Waals surface area contributed by atoms with Crippen LogP contribution in [0.25, 0.3) is 0 Å². The number of hydrogen-bond acceptors (Lipinski definition) is 5. The van der Waals surface area contributed by atoms with E-state index >= 15 is 0 Å². The second-order valence-electron chi connectivity index (χ2n) is 6.19. The molecule has 0 unspecified atom stereocenters. The molecule has 146 valence electrons. The minimum Gasteiger partial charge on any atom is -0.494 e. The van der Waals surface area contributed by atoms with Crippen LogP contribution < -0.4 is 4.74 Å². The molecule has 0 fully saturated rings. The maximum Gasteiger partial charge on any atom is 0.303 e. The molecule has 0 aliphatic heterocycles. The fraction of sp³-hybridized carbons (Fsp3) is 0.450. The first-order valence-corrected chi connectivity index (χ1v) is 9.28. The molecule has 2 aromatic rings. The summed E-state index contributed by atoms with van der Waals surface area (Å²) in [7, 11) is 0. The van der Waals surface area contributed by atoms with Gasteiger partial charge < -0.3 is 19.2 Å². The van der Waals surface area contributed by atoms with Gasteiger partial charge in [-0.3, -0.25) is 4.79 Å². The summed E-state index contributed by atoms with van der Waals surface area (Å²) in [5.41, 5.74) is 1.68. The number of rotatable bonds is 13. The van der Waals surface area contributed by atoms with Crippen molar-refractivity contribution in [2.24, 2.45) is 5.16 Å². The van der Waals surface area contributed by atoms with E-state index in [9.17, 15) is 4.79 Å². The van der Waals surface area contributed by atoms with Gasteiger partial charge >= 0.3 is 5.97 Å². The molecule has 0 spiro atoms. The standard InChI is InChI=1S/C20H27N3O4/c1-2-3-12-26-18-8-6-7-17(14-18)19(15-23-11-10-21-16-23)22-27-13-5-4-9-20(24)25/h6-8,10-11,14,16H,2-5,9,12-13,15H2,1H3,(H,24,25)/b22-19-. The molecule has 27 heavy (non-hydrogen) atoms. The number of aliphatic carboxylic acids is 1. The number of unbranched alkanes of at least 4 members (excludes halogenated alkanes) is 2. The monoisotopic (exact) mass is 373 g/mol. The van der Waals surface area contributed by atoms with E-state index in [1.165, 1.54) is 0 Å². The van der Waals surface area contributed by atoms with Crippen molar-refractivity contribution in [1.29, 1.82) is 0 Å². The molecule has 7 heteroatoms. The topological polar surface area (TPSA) is 85.9 Å². The number of nitrogens with zero attached hydrogens (tertiary/aromatic N) is 3. The highest BCUT2D eigenvalue weighted by atomic mass is 16.6. The van der Waals surface area contributed by atoms with Crippen LogP contribution in [-0.4, -0.2) is 39.6 Å². The van der Waals surface area contributed by atoms with Crippen LogP contribution in [0.5, 0.6) is 5.75 Å². The lowest BCUT2D eigenvalue weighted by Gasteiger charge is -2.11. The van der Waals surface area contributed by atoms with Gasteiger partial charge in [0.25, 0.3) is 0 Å². The van der Waals surface area contributed by atoms with Crippen molar-refractivity contribution in [1.82, 2.24) is 9.55 Å². The van der Waals surface area contributed by atoms with Crippen LogP contribution in [0.15, 0.2) is 48.1 Å². The van der Waals surface area contributed by atoms with E-state index in [-0.39, 0.29) is 6.42 Å². The second-order valence-corrected chi connectivity index (χ2v) is 6.19. The van der Waals surface area contributed by atoms with Gasteiger partial charge in [0, 0.05) is 24.4 Å². The van der Waals surface area contributed by atoms with Crippen LogP contribution in [-0.2, 0) is 16.2 Å². The fourth-order valence-corrected chi connectivity index (χ4v) is 2.39. The molecule has 0 atom stereocenters. The first-order valence-electron chi connectivity index (χ1n) is 9.28. The number of aromatic nitrogens is 2. The van der Waals surface area contributed by atoms with Gasteiger partial charge in [-0.2, -0.15) is 0 Å². The van der Waals surface area contributed by atoms with E-state index in [4.69, 9.17) is 14.7 Å². The van der Waals surface area contributed by atoms with Gasteiger partial charge in [0.2, 0.25) is 0 Å². The molecular weight excluding hydrogens is 346 g/mol. The number of carbonyl (C=O) groups is 1. The van der Waals surface area contributed by atoms with Crippen molar-refractivity contribution in [3.05, 3.63) is 48.5 Å². The second kappa shape index (κ2) is 11.7. The third kappa shape index (κ3) is 7.94. The Balaban J connectivity index is 2.01. The van der Waals surface area contributed by atoms with Gasteiger partial charge in [0.1, 0.15) is 18.1 Å². The van der Waals surface area contributed by atoms with E-state index in [2.05, 4.69) is 17.1 Å². The highest BCUT2D eigenvalue weighted by molar-refractivity contribution is 6.00. The minimum absolute atomic E-state index is 0.145. The molecule has 0 aliphatic rings. The molecule has 0 bridgehead atoms. The summed E-state index contributed by atoms with van der Waals surface area (Å²) in [6.07, 6.45) is 8.77.